The lowest BCUT2D eigenvalue weighted by Crippen LogP contribution is -2.49. The highest BCUT2D eigenvalue weighted by Crippen LogP contribution is 2.21. The summed E-state index contributed by atoms with van der Waals surface area (Å²) in [4.78, 5) is 28.2. The molecule has 2 aromatic rings. The number of nitrogens with zero attached hydrogens (tertiary/aromatic N) is 2. The standard InChI is InChI=1S/C29H43N3O5S/c1-7-23-14-16-25(17-15-23)32(38(6,35)36)18-10-13-28(33)31(21-24-11-9-12-26(19-24)37-5)27(8-2)29(34)30-20-22(3)4/h9,11-12,14-17,19,22,27H,7-8,10,13,18,20-21H2,1-6H3,(H,30,34). The molecule has 210 valence electrons. The first-order valence-electron chi connectivity index (χ1n) is 13.3. The number of ether oxygens (including phenoxy) is 1. The Labute approximate surface area is 228 Å². The second-order valence-corrected chi connectivity index (χ2v) is 11.8. The van der Waals surface area contributed by atoms with Crippen LogP contribution in [0.2, 0.25) is 0 Å². The molecule has 2 rings (SSSR count). The lowest BCUT2D eigenvalue weighted by molar-refractivity contribution is -0.141. The molecular weight excluding hydrogens is 502 g/mol. The molecule has 0 aliphatic heterocycles. The van der Waals surface area contributed by atoms with Crippen molar-refractivity contribution < 1.29 is 22.7 Å². The fourth-order valence-corrected chi connectivity index (χ4v) is 5.18. The normalized spacial score (nSPS) is 12.2. The molecule has 0 spiro atoms. The topological polar surface area (TPSA) is 96.0 Å². The Bertz CT molecular complexity index is 1150. The van der Waals surface area contributed by atoms with E-state index in [1.165, 1.54) is 10.6 Å². The summed E-state index contributed by atoms with van der Waals surface area (Å²) in [6.45, 7) is 8.90. The van der Waals surface area contributed by atoms with E-state index < -0.39 is 16.1 Å². The van der Waals surface area contributed by atoms with Crippen LogP contribution in [-0.2, 0) is 32.6 Å². The smallest absolute Gasteiger partial charge is 0.242 e. The number of hydrogen-bond donors (Lipinski definition) is 1. The van der Waals surface area contributed by atoms with Crippen LogP contribution >= 0.6 is 0 Å². The van der Waals surface area contributed by atoms with Gasteiger partial charge in [0.25, 0.3) is 0 Å². The van der Waals surface area contributed by atoms with E-state index in [2.05, 4.69) is 5.32 Å². The average molecular weight is 546 g/mol. The van der Waals surface area contributed by atoms with Crippen molar-refractivity contribution in [2.45, 2.75) is 66.0 Å². The molecule has 0 aromatic heterocycles. The lowest BCUT2D eigenvalue weighted by Gasteiger charge is -2.31. The first-order chi connectivity index (χ1) is 18.0. The first kappa shape index (κ1) is 31.1. The van der Waals surface area contributed by atoms with Crippen LogP contribution < -0.4 is 14.4 Å². The van der Waals surface area contributed by atoms with E-state index >= 15 is 0 Å². The monoisotopic (exact) mass is 545 g/mol. The number of carbonyl (C=O) groups is 2. The Morgan fingerprint density at radius 1 is 1.03 bits per heavy atom. The van der Waals surface area contributed by atoms with Crippen molar-refractivity contribution in [3.8, 4) is 5.75 Å². The Hall–Kier alpha value is -3.07. The largest absolute Gasteiger partial charge is 0.497 e. The van der Waals surface area contributed by atoms with E-state index in [0.29, 0.717) is 30.8 Å². The van der Waals surface area contributed by atoms with Crippen molar-refractivity contribution in [3.05, 3.63) is 59.7 Å². The Morgan fingerprint density at radius 2 is 1.71 bits per heavy atom. The molecule has 0 aliphatic carbocycles. The summed E-state index contributed by atoms with van der Waals surface area (Å²) < 4.78 is 31.7. The van der Waals surface area contributed by atoms with Gasteiger partial charge in [-0.2, -0.15) is 0 Å². The van der Waals surface area contributed by atoms with Crippen molar-refractivity contribution in [1.82, 2.24) is 10.2 Å². The van der Waals surface area contributed by atoms with Crippen LogP contribution in [0, 0.1) is 5.92 Å². The summed E-state index contributed by atoms with van der Waals surface area (Å²) in [6, 6.07) is 14.2. The molecule has 2 aromatic carbocycles. The third-order valence-corrected chi connectivity index (χ3v) is 7.54. The average Bonchev–Trinajstić information content (AvgIpc) is 2.89. The number of benzene rings is 2. The summed E-state index contributed by atoms with van der Waals surface area (Å²) in [5.74, 6) is 0.567. The highest BCUT2D eigenvalue weighted by atomic mass is 32.2. The number of anilines is 1. The minimum atomic E-state index is -3.53. The van der Waals surface area contributed by atoms with E-state index in [1.807, 2.05) is 64.1 Å². The number of carbonyl (C=O) groups excluding carboxylic acids is 2. The molecule has 0 radical (unpaired) electrons. The zero-order chi connectivity index (χ0) is 28.3. The number of rotatable bonds is 15. The molecule has 38 heavy (non-hydrogen) atoms. The van der Waals surface area contributed by atoms with Crippen LogP contribution in [0.5, 0.6) is 5.75 Å². The van der Waals surface area contributed by atoms with Gasteiger partial charge in [-0.05, 0) is 60.6 Å². The maximum atomic E-state index is 13.5. The van der Waals surface area contributed by atoms with Gasteiger partial charge in [0.1, 0.15) is 11.8 Å². The SMILES string of the molecule is CCc1ccc(N(CCCC(=O)N(Cc2cccc(OC)c2)C(CC)C(=O)NCC(C)C)S(C)(=O)=O)cc1. The van der Waals surface area contributed by atoms with Crippen LogP contribution in [0.25, 0.3) is 0 Å². The van der Waals surface area contributed by atoms with Crippen LogP contribution in [0.3, 0.4) is 0 Å². The van der Waals surface area contributed by atoms with Gasteiger partial charge in [0, 0.05) is 26.1 Å². The molecule has 1 atom stereocenters. The number of sulfonamides is 1. The van der Waals surface area contributed by atoms with Crippen LogP contribution in [0.4, 0.5) is 5.69 Å². The van der Waals surface area contributed by atoms with Gasteiger partial charge in [-0.1, -0.05) is 52.0 Å². The van der Waals surface area contributed by atoms with Crippen molar-refractivity contribution in [1.29, 1.82) is 0 Å². The van der Waals surface area contributed by atoms with Crippen molar-refractivity contribution >= 4 is 27.5 Å². The van der Waals surface area contributed by atoms with Gasteiger partial charge in [-0.3, -0.25) is 13.9 Å². The molecule has 1 unspecified atom stereocenters. The Morgan fingerprint density at radius 3 is 2.26 bits per heavy atom. The predicted molar refractivity (Wildman–Crippen MR) is 153 cm³/mol. The maximum absolute atomic E-state index is 13.5. The minimum Gasteiger partial charge on any atom is -0.497 e. The first-order valence-corrected chi connectivity index (χ1v) is 15.1. The number of nitrogens with one attached hydrogen (secondary N) is 1. The number of amides is 2. The van der Waals surface area contributed by atoms with E-state index in [1.54, 1.807) is 24.1 Å². The maximum Gasteiger partial charge on any atom is 0.242 e. The third kappa shape index (κ3) is 9.35. The zero-order valence-electron chi connectivity index (χ0n) is 23.6. The van der Waals surface area contributed by atoms with Gasteiger partial charge in [-0.15, -0.1) is 0 Å². The highest BCUT2D eigenvalue weighted by molar-refractivity contribution is 7.92. The quantitative estimate of drug-likeness (QED) is 0.358. The molecule has 0 fully saturated rings. The predicted octanol–water partition coefficient (Wildman–Crippen LogP) is 4.38. The summed E-state index contributed by atoms with van der Waals surface area (Å²) in [7, 11) is -1.95. The molecule has 0 saturated carbocycles. The van der Waals surface area contributed by atoms with Crippen LogP contribution in [-0.4, -0.2) is 57.6 Å². The number of methoxy groups -OCH3 is 1. The fraction of sp³-hybridized carbons (Fsp3) is 0.517. The second-order valence-electron chi connectivity index (χ2n) is 9.89. The van der Waals surface area contributed by atoms with Crippen LogP contribution in [0.1, 0.15) is 58.1 Å². The van der Waals surface area contributed by atoms with Crippen molar-refractivity contribution in [3.63, 3.8) is 0 Å². The number of hydrogen-bond acceptors (Lipinski definition) is 5. The molecule has 0 heterocycles. The molecule has 2 amide bonds. The van der Waals surface area contributed by atoms with Crippen molar-refractivity contribution in [2.75, 3.05) is 30.8 Å². The van der Waals surface area contributed by atoms with Crippen LogP contribution in [0.15, 0.2) is 48.5 Å². The van der Waals surface area contributed by atoms with Gasteiger partial charge in [0.2, 0.25) is 21.8 Å². The molecule has 8 nitrogen and oxygen atoms in total. The summed E-state index contributed by atoms with van der Waals surface area (Å²) >= 11 is 0. The molecule has 0 bridgehead atoms. The van der Waals surface area contributed by atoms with E-state index in [4.69, 9.17) is 4.74 Å². The fourth-order valence-electron chi connectivity index (χ4n) is 4.21. The molecule has 9 heteroatoms. The van der Waals surface area contributed by atoms with E-state index in [0.717, 1.165) is 17.5 Å². The van der Waals surface area contributed by atoms with Gasteiger partial charge in [-0.25, -0.2) is 8.42 Å². The van der Waals surface area contributed by atoms with E-state index in [9.17, 15) is 18.0 Å². The molecule has 0 saturated heterocycles. The Kier molecular flexibility index (Phi) is 12.1. The summed E-state index contributed by atoms with van der Waals surface area (Å²) in [6.07, 6.45) is 2.92. The van der Waals surface area contributed by atoms with E-state index in [-0.39, 0.29) is 37.2 Å². The summed E-state index contributed by atoms with van der Waals surface area (Å²) in [5, 5.41) is 2.96. The van der Waals surface area contributed by atoms with Gasteiger partial charge in [0.15, 0.2) is 0 Å². The minimum absolute atomic E-state index is 0.108. The van der Waals surface area contributed by atoms with Gasteiger partial charge in [0.05, 0.1) is 19.1 Å². The van der Waals surface area contributed by atoms with Gasteiger partial charge >= 0.3 is 0 Å². The Balaban J connectivity index is 2.22. The third-order valence-electron chi connectivity index (χ3n) is 6.34. The highest BCUT2D eigenvalue weighted by Gasteiger charge is 2.29. The number of aryl methyl sites for hydroxylation is 1. The zero-order valence-corrected chi connectivity index (χ0v) is 24.4. The molecule has 1 N–H and O–H groups in total. The van der Waals surface area contributed by atoms with Gasteiger partial charge < -0.3 is 15.0 Å². The lowest BCUT2D eigenvalue weighted by atomic mass is 10.1. The summed E-state index contributed by atoms with van der Waals surface area (Å²) in [5.41, 5.74) is 2.54. The second kappa shape index (κ2) is 14.8. The molecular formula is C29H43N3O5S. The van der Waals surface area contributed by atoms with Crippen molar-refractivity contribution in [2.24, 2.45) is 5.92 Å². The molecule has 0 aliphatic rings.